The van der Waals surface area contributed by atoms with E-state index in [9.17, 15) is 19.2 Å². The van der Waals surface area contributed by atoms with Crippen LogP contribution in [0.5, 0.6) is 0 Å². The molecule has 0 spiro atoms. The van der Waals surface area contributed by atoms with Crippen molar-refractivity contribution in [1.82, 2.24) is 10.1 Å². The maximum Gasteiger partial charge on any atom is 0.338 e. The average Bonchev–Trinajstić information content (AvgIpc) is 3.20. The second-order valence-electron chi connectivity index (χ2n) is 7.56. The van der Waals surface area contributed by atoms with Crippen molar-refractivity contribution in [3.63, 3.8) is 0 Å². The quantitative estimate of drug-likeness (QED) is 0.547. The normalized spacial score (nSPS) is 14.1. The smallest absolute Gasteiger partial charge is 0.338 e. The topological polar surface area (TPSA) is 119 Å². The van der Waals surface area contributed by atoms with E-state index in [1.165, 1.54) is 36.1 Å². The van der Waals surface area contributed by atoms with Crippen LogP contribution in [0.25, 0.3) is 0 Å². The number of ether oxygens (including phenoxy) is 1. The van der Waals surface area contributed by atoms with Crippen LogP contribution >= 0.6 is 0 Å². The van der Waals surface area contributed by atoms with Gasteiger partial charge in [0, 0.05) is 12.6 Å². The Balaban J connectivity index is 1.67. The first-order valence-corrected chi connectivity index (χ1v) is 9.62. The van der Waals surface area contributed by atoms with Crippen molar-refractivity contribution in [2.75, 3.05) is 11.9 Å². The monoisotopic (exact) mass is 413 g/mol. The number of hydrogen-bond acceptors (Lipinski definition) is 7. The number of esters is 1. The fourth-order valence-corrected chi connectivity index (χ4v) is 2.94. The molecule has 1 aromatic carbocycles. The summed E-state index contributed by atoms with van der Waals surface area (Å²) in [4.78, 5) is 50.9. The van der Waals surface area contributed by atoms with Crippen LogP contribution in [0.1, 0.15) is 64.0 Å². The third kappa shape index (κ3) is 4.40. The van der Waals surface area contributed by atoms with E-state index in [4.69, 9.17) is 9.26 Å². The minimum Gasteiger partial charge on any atom is -0.449 e. The number of nitrogens with zero attached hydrogens (tertiary/aromatic N) is 2. The molecule has 0 saturated heterocycles. The maximum atomic E-state index is 12.6. The van der Waals surface area contributed by atoms with Crippen molar-refractivity contribution in [3.05, 3.63) is 46.7 Å². The summed E-state index contributed by atoms with van der Waals surface area (Å²) in [6, 6.07) is 5.70. The molecular weight excluding hydrogens is 390 g/mol. The fourth-order valence-electron chi connectivity index (χ4n) is 2.94. The Kier molecular flexibility index (Phi) is 6.00. The summed E-state index contributed by atoms with van der Waals surface area (Å²) < 4.78 is 10.0. The van der Waals surface area contributed by atoms with Gasteiger partial charge in [0.05, 0.1) is 16.7 Å². The molecule has 30 heavy (non-hydrogen) atoms. The SMILES string of the molecule is Cc1cc(NC(=O)[C@H](C)OC(=O)c2ccc3c(c2)C(=O)N(CCC(C)C)C3=O)no1. The number of fused-ring (bicyclic) bond motifs is 1. The van der Waals surface area contributed by atoms with E-state index in [1.54, 1.807) is 6.92 Å². The molecular formula is C21H23N3O6. The predicted octanol–water partition coefficient (Wildman–Crippen LogP) is 2.81. The lowest BCUT2D eigenvalue weighted by atomic mass is 10.1. The molecule has 0 bridgehead atoms. The lowest BCUT2D eigenvalue weighted by Crippen LogP contribution is -2.31. The molecule has 9 nitrogen and oxygen atoms in total. The number of imide groups is 1. The molecule has 2 aromatic rings. The predicted molar refractivity (Wildman–Crippen MR) is 106 cm³/mol. The second-order valence-corrected chi connectivity index (χ2v) is 7.56. The van der Waals surface area contributed by atoms with Gasteiger partial charge in [-0.2, -0.15) is 0 Å². The van der Waals surface area contributed by atoms with E-state index in [1.807, 2.05) is 13.8 Å². The lowest BCUT2D eigenvalue weighted by molar-refractivity contribution is -0.123. The van der Waals surface area contributed by atoms with Gasteiger partial charge in [0.25, 0.3) is 17.7 Å². The number of anilines is 1. The molecule has 3 amide bonds. The van der Waals surface area contributed by atoms with Gasteiger partial charge < -0.3 is 14.6 Å². The van der Waals surface area contributed by atoms with Gasteiger partial charge in [0.15, 0.2) is 11.9 Å². The van der Waals surface area contributed by atoms with E-state index in [0.717, 1.165) is 0 Å². The van der Waals surface area contributed by atoms with Gasteiger partial charge in [-0.3, -0.25) is 19.3 Å². The standard InChI is InChI=1S/C21H23N3O6/c1-11(2)7-8-24-19(26)15-6-5-14(10-16(15)20(24)27)21(28)29-13(4)18(25)22-17-9-12(3)30-23-17/h5-6,9-11,13H,7-8H2,1-4H3,(H,22,23,25)/t13-/m0/s1. The Morgan fingerprint density at radius 3 is 2.47 bits per heavy atom. The summed E-state index contributed by atoms with van der Waals surface area (Å²) in [7, 11) is 0. The molecule has 1 aliphatic heterocycles. The number of aromatic nitrogens is 1. The van der Waals surface area contributed by atoms with Crippen LogP contribution in [0.4, 0.5) is 5.82 Å². The molecule has 0 saturated carbocycles. The Morgan fingerprint density at radius 1 is 1.13 bits per heavy atom. The van der Waals surface area contributed by atoms with Gasteiger partial charge in [0.1, 0.15) is 5.76 Å². The minimum absolute atomic E-state index is 0.0811. The van der Waals surface area contributed by atoms with Crippen molar-refractivity contribution in [1.29, 1.82) is 0 Å². The van der Waals surface area contributed by atoms with Gasteiger partial charge >= 0.3 is 5.97 Å². The highest BCUT2D eigenvalue weighted by atomic mass is 16.5. The molecule has 2 heterocycles. The zero-order chi connectivity index (χ0) is 22.0. The van der Waals surface area contributed by atoms with Crippen LogP contribution in [0.2, 0.25) is 0 Å². The van der Waals surface area contributed by atoms with Crippen LogP contribution in [-0.2, 0) is 9.53 Å². The molecule has 9 heteroatoms. The number of amides is 3. The third-order valence-electron chi connectivity index (χ3n) is 4.67. The molecule has 0 radical (unpaired) electrons. The minimum atomic E-state index is -1.11. The number of carbonyl (C=O) groups excluding carboxylic acids is 4. The van der Waals surface area contributed by atoms with Gasteiger partial charge in [-0.15, -0.1) is 0 Å². The van der Waals surface area contributed by atoms with Crippen LogP contribution in [0.3, 0.4) is 0 Å². The largest absolute Gasteiger partial charge is 0.449 e. The van der Waals surface area contributed by atoms with Gasteiger partial charge in [0.2, 0.25) is 0 Å². The Morgan fingerprint density at radius 2 is 1.83 bits per heavy atom. The van der Waals surface area contributed by atoms with E-state index in [-0.39, 0.29) is 28.4 Å². The number of aryl methyl sites for hydroxylation is 1. The number of hydrogen-bond donors (Lipinski definition) is 1. The molecule has 0 unspecified atom stereocenters. The highest BCUT2D eigenvalue weighted by molar-refractivity contribution is 6.22. The number of carbonyl (C=O) groups is 4. The van der Waals surface area contributed by atoms with E-state index >= 15 is 0 Å². The summed E-state index contributed by atoms with van der Waals surface area (Å²) in [6.07, 6.45) is -0.416. The first-order valence-electron chi connectivity index (χ1n) is 9.62. The number of nitrogens with one attached hydrogen (secondary N) is 1. The summed E-state index contributed by atoms with van der Waals surface area (Å²) in [5.41, 5.74) is 0.499. The van der Waals surface area contributed by atoms with Crippen LogP contribution in [0, 0.1) is 12.8 Å². The first-order chi connectivity index (χ1) is 14.2. The van der Waals surface area contributed by atoms with Crippen molar-refractivity contribution < 1.29 is 28.4 Å². The Bertz CT molecular complexity index is 1010. The highest BCUT2D eigenvalue weighted by Gasteiger charge is 2.36. The summed E-state index contributed by atoms with van der Waals surface area (Å²) >= 11 is 0. The average molecular weight is 413 g/mol. The van der Waals surface area contributed by atoms with Crippen molar-refractivity contribution in [3.8, 4) is 0 Å². The number of rotatable bonds is 7. The van der Waals surface area contributed by atoms with E-state index < -0.39 is 23.9 Å². The zero-order valence-electron chi connectivity index (χ0n) is 17.2. The van der Waals surface area contributed by atoms with Gasteiger partial charge in [-0.05, 0) is 44.4 Å². The molecule has 158 valence electrons. The Labute approximate surface area is 173 Å². The molecule has 1 atom stereocenters. The summed E-state index contributed by atoms with van der Waals surface area (Å²) in [5.74, 6) is -1.09. The third-order valence-corrected chi connectivity index (χ3v) is 4.67. The molecule has 3 rings (SSSR count). The van der Waals surface area contributed by atoms with Crippen molar-refractivity contribution in [2.24, 2.45) is 5.92 Å². The number of benzene rings is 1. The fraction of sp³-hybridized carbons (Fsp3) is 0.381. The molecule has 0 fully saturated rings. The first kappa shape index (κ1) is 21.2. The maximum absolute atomic E-state index is 12.6. The highest BCUT2D eigenvalue weighted by Crippen LogP contribution is 2.25. The van der Waals surface area contributed by atoms with Crippen LogP contribution in [0.15, 0.2) is 28.8 Å². The van der Waals surface area contributed by atoms with Gasteiger partial charge in [-0.25, -0.2) is 4.79 Å². The lowest BCUT2D eigenvalue weighted by Gasteiger charge is -2.14. The van der Waals surface area contributed by atoms with Crippen molar-refractivity contribution in [2.45, 2.75) is 40.2 Å². The molecule has 1 aliphatic rings. The molecule has 1 N–H and O–H groups in total. The zero-order valence-corrected chi connectivity index (χ0v) is 17.2. The summed E-state index contributed by atoms with van der Waals surface area (Å²) in [5, 5.41) is 6.12. The summed E-state index contributed by atoms with van der Waals surface area (Å²) in [6.45, 7) is 7.43. The van der Waals surface area contributed by atoms with Crippen LogP contribution < -0.4 is 5.32 Å². The molecule has 1 aromatic heterocycles. The van der Waals surface area contributed by atoms with Gasteiger partial charge in [-0.1, -0.05) is 19.0 Å². The van der Waals surface area contributed by atoms with Crippen molar-refractivity contribution >= 4 is 29.5 Å². The van der Waals surface area contributed by atoms with E-state index in [0.29, 0.717) is 24.6 Å². The Hall–Kier alpha value is -3.49. The second kappa shape index (κ2) is 8.48. The van der Waals surface area contributed by atoms with E-state index in [2.05, 4.69) is 10.5 Å². The van der Waals surface area contributed by atoms with Crippen LogP contribution in [-0.4, -0.2) is 46.4 Å². The molecule has 0 aliphatic carbocycles.